The van der Waals surface area contributed by atoms with E-state index in [1.807, 2.05) is 32.0 Å². The van der Waals surface area contributed by atoms with Gasteiger partial charge in [-0.25, -0.2) is 4.39 Å². The van der Waals surface area contributed by atoms with Crippen LogP contribution in [0.15, 0.2) is 36.4 Å². The fourth-order valence-corrected chi connectivity index (χ4v) is 2.06. The van der Waals surface area contributed by atoms with E-state index in [4.69, 9.17) is 4.74 Å². The average Bonchev–Trinajstić information content (AvgIpc) is 2.39. The first-order valence-electron chi connectivity index (χ1n) is 6.30. The van der Waals surface area contributed by atoms with Crippen LogP contribution in [-0.2, 0) is 0 Å². The van der Waals surface area contributed by atoms with E-state index in [1.54, 1.807) is 0 Å². The van der Waals surface area contributed by atoms with Crippen molar-refractivity contribution in [3.8, 4) is 5.75 Å². The summed E-state index contributed by atoms with van der Waals surface area (Å²) in [6, 6.07) is 9.36. The van der Waals surface area contributed by atoms with E-state index >= 15 is 0 Å². The second-order valence-corrected chi connectivity index (χ2v) is 4.80. The summed E-state index contributed by atoms with van der Waals surface area (Å²) >= 11 is 0. The third kappa shape index (κ3) is 3.33. The fraction of sp³-hybridized carbons (Fsp3) is 0.250. The molecule has 0 saturated heterocycles. The maximum absolute atomic E-state index is 13.4. The van der Waals surface area contributed by atoms with Crippen LogP contribution in [0.1, 0.15) is 22.8 Å². The summed E-state index contributed by atoms with van der Waals surface area (Å²) in [6.07, 6.45) is -0.892. The number of aliphatic hydroxyl groups excluding tert-OH is 1. The van der Waals surface area contributed by atoms with Crippen LogP contribution in [-0.4, -0.2) is 11.7 Å². The molecule has 2 rings (SSSR count). The lowest BCUT2D eigenvalue weighted by Crippen LogP contribution is -2.11. The van der Waals surface area contributed by atoms with Gasteiger partial charge in [0.2, 0.25) is 5.82 Å². The van der Waals surface area contributed by atoms with Gasteiger partial charge in [0.25, 0.3) is 0 Å². The van der Waals surface area contributed by atoms with Crippen LogP contribution >= 0.6 is 0 Å². The lowest BCUT2D eigenvalue weighted by atomic mass is 10.0. The quantitative estimate of drug-likeness (QED) is 0.924. The van der Waals surface area contributed by atoms with Crippen molar-refractivity contribution in [3.05, 3.63) is 64.7 Å². The molecule has 1 N–H and O–H groups in total. The summed E-state index contributed by atoms with van der Waals surface area (Å²) in [7, 11) is 0. The van der Waals surface area contributed by atoms with Crippen molar-refractivity contribution < 1.29 is 18.6 Å². The van der Waals surface area contributed by atoms with E-state index in [2.05, 4.69) is 0 Å². The Morgan fingerprint density at radius 3 is 2.40 bits per heavy atom. The zero-order valence-electron chi connectivity index (χ0n) is 11.4. The number of hydrogen-bond donors (Lipinski definition) is 1. The highest BCUT2D eigenvalue weighted by atomic mass is 19.2. The Bertz CT molecular complexity index is 591. The summed E-state index contributed by atoms with van der Waals surface area (Å²) in [5.41, 5.74) is 2.74. The van der Waals surface area contributed by atoms with Gasteiger partial charge in [-0.15, -0.1) is 0 Å². The van der Waals surface area contributed by atoms with Gasteiger partial charge < -0.3 is 9.84 Å². The first-order valence-corrected chi connectivity index (χ1v) is 6.30. The molecule has 2 aromatic rings. The Morgan fingerprint density at radius 2 is 1.75 bits per heavy atom. The normalized spacial score (nSPS) is 12.2. The molecule has 0 aromatic heterocycles. The summed E-state index contributed by atoms with van der Waals surface area (Å²) < 4.78 is 31.6. The molecule has 0 aliphatic carbocycles. The topological polar surface area (TPSA) is 29.5 Å². The molecule has 2 aromatic carbocycles. The van der Waals surface area contributed by atoms with Gasteiger partial charge in [-0.3, -0.25) is 0 Å². The average molecular weight is 278 g/mol. The number of halogens is 2. The Morgan fingerprint density at radius 1 is 1.10 bits per heavy atom. The number of benzene rings is 2. The van der Waals surface area contributed by atoms with Crippen LogP contribution in [0, 0.1) is 25.5 Å². The molecule has 2 nitrogen and oxygen atoms in total. The van der Waals surface area contributed by atoms with Gasteiger partial charge in [0.15, 0.2) is 11.6 Å². The standard InChI is InChI=1S/C16H16F2O2/c1-10-6-11(2)8-12(7-10)14(19)9-20-15-5-3-4-13(17)16(15)18/h3-8,14,19H,9H2,1-2H3. The zero-order valence-corrected chi connectivity index (χ0v) is 11.4. The Hall–Kier alpha value is -1.94. The summed E-state index contributed by atoms with van der Waals surface area (Å²) in [6.45, 7) is 3.72. The lowest BCUT2D eigenvalue weighted by Gasteiger charge is -2.14. The molecule has 0 amide bonds. The number of hydrogen-bond acceptors (Lipinski definition) is 2. The zero-order chi connectivity index (χ0) is 14.7. The largest absolute Gasteiger partial charge is 0.487 e. The second-order valence-electron chi connectivity index (χ2n) is 4.80. The van der Waals surface area contributed by atoms with E-state index in [-0.39, 0.29) is 12.4 Å². The lowest BCUT2D eigenvalue weighted by molar-refractivity contribution is 0.105. The molecule has 106 valence electrons. The van der Waals surface area contributed by atoms with Gasteiger partial charge in [-0.2, -0.15) is 4.39 Å². The molecule has 0 saturated carbocycles. The maximum atomic E-state index is 13.4. The van der Waals surface area contributed by atoms with Crippen molar-refractivity contribution in [3.63, 3.8) is 0 Å². The number of aryl methyl sites for hydroxylation is 2. The van der Waals surface area contributed by atoms with E-state index in [0.29, 0.717) is 5.56 Å². The first kappa shape index (κ1) is 14.5. The molecule has 1 unspecified atom stereocenters. The minimum Gasteiger partial charge on any atom is -0.487 e. The minimum absolute atomic E-state index is 0.136. The van der Waals surface area contributed by atoms with E-state index < -0.39 is 17.7 Å². The minimum atomic E-state index is -1.04. The summed E-state index contributed by atoms with van der Waals surface area (Å²) in [4.78, 5) is 0. The van der Waals surface area contributed by atoms with Crippen molar-refractivity contribution in [2.24, 2.45) is 0 Å². The Balaban J connectivity index is 2.08. The van der Waals surface area contributed by atoms with Crippen LogP contribution < -0.4 is 4.74 Å². The van der Waals surface area contributed by atoms with E-state index in [9.17, 15) is 13.9 Å². The van der Waals surface area contributed by atoms with Crippen molar-refractivity contribution in [1.82, 2.24) is 0 Å². The molecule has 0 radical (unpaired) electrons. The molecule has 0 aliphatic rings. The predicted octanol–water partition coefficient (Wildman–Crippen LogP) is 3.69. The highest BCUT2D eigenvalue weighted by Gasteiger charge is 2.13. The van der Waals surface area contributed by atoms with Crippen LogP contribution in [0.2, 0.25) is 0 Å². The molecule has 20 heavy (non-hydrogen) atoms. The highest BCUT2D eigenvalue weighted by Crippen LogP contribution is 2.22. The Labute approximate surface area is 116 Å². The summed E-state index contributed by atoms with van der Waals surface area (Å²) in [5, 5.41) is 10.0. The van der Waals surface area contributed by atoms with Gasteiger partial charge >= 0.3 is 0 Å². The van der Waals surface area contributed by atoms with E-state index in [1.165, 1.54) is 12.1 Å². The van der Waals surface area contributed by atoms with Gasteiger partial charge in [-0.1, -0.05) is 35.4 Å². The van der Waals surface area contributed by atoms with Crippen molar-refractivity contribution in [1.29, 1.82) is 0 Å². The molecule has 1 atom stereocenters. The monoisotopic (exact) mass is 278 g/mol. The molecular formula is C16H16F2O2. The highest BCUT2D eigenvalue weighted by molar-refractivity contribution is 5.30. The van der Waals surface area contributed by atoms with Crippen LogP contribution in [0.25, 0.3) is 0 Å². The van der Waals surface area contributed by atoms with Crippen molar-refractivity contribution in [2.45, 2.75) is 20.0 Å². The third-order valence-electron chi connectivity index (χ3n) is 2.94. The van der Waals surface area contributed by atoms with Gasteiger partial charge in [0, 0.05) is 0 Å². The second kappa shape index (κ2) is 6.01. The van der Waals surface area contributed by atoms with Gasteiger partial charge in [0.1, 0.15) is 12.7 Å². The van der Waals surface area contributed by atoms with Gasteiger partial charge in [0.05, 0.1) is 0 Å². The summed E-state index contributed by atoms with van der Waals surface area (Å²) in [5.74, 6) is -2.21. The number of rotatable bonds is 4. The van der Waals surface area contributed by atoms with Crippen molar-refractivity contribution >= 4 is 0 Å². The SMILES string of the molecule is Cc1cc(C)cc(C(O)COc2cccc(F)c2F)c1. The molecule has 0 fully saturated rings. The molecule has 0 bridgehead atoms. The van der Waals surface area contributed by atoms with Gasteiger partial charge in [-0.05, 0) is 31.5 Å². The maximum Gasteiger partial charge on any atom is 0.200 e. The molecule has 4 heteroatoms. The molecule has 0 spiro atoms. The van der Waals surface area contributed by atoms with Crippen LogP contribution in [0.3, 0.4) is 0 Å². The number of ether oxygens (including phenoxy) is 1. The first-order chi connectivity index (χ1) is 9.47. The van der Waals surface area contributed by atoms with Crippen molar-refractivity contribution in [2.75, 3.05) is 6.61 Å². The fourth-order valence-electron chi connectivity index (χ4n) is 2.06. The predicted molar refractivity (Wildman–Crippen MR) is 72.7 cm³/mol. The third-order valence-corrected chi connectivity index (χ3v) is 2.94. The van der Waals surface area contributed by atoms with Crippen LogP contribution in [0.5, 0.6) is 5.75 Å². The number of aliphatic hydroxyl groups is 1. The molecule has 0 aliphatic heterocycles. The Kier molecular flexibility index (Phi) is 4.35. The molecule has 0 heterocycles. The molecular weight excluding hydrogens is 262 g/mol. The van der Waals surface area contributed by atoms with Crippen LogP contribution in [0.4, 0.5) is 8.78 Å². The van der Waals surface area contributed by atoms with E-state index in [0.717, 1.165) is 17.2 Å². The smallest absolute Gasteiger partial charge is 0.200 e.